The average Bonchev–Trinajstić information content (AvgIpc) is 3.45. The fourth-order valence-corrected chi connectivity index (χ4v) is 3.88. The van der Waals surface area contributed by atoms with Crippen LogP contribution in [0.15, 0.2) is 87.2 Å². The van der Waals surface area contributed by atoms with E-state index in [1.165, 1.54) is 19.5 Å². The minimum absolute atomic E-state index is 0.0406. The Morgan fingerprint density at radius 1 is 0.912 bits per heavy atom. The Labute approximate surface area is 191 Å². The molecule has 0 radical (unpaired) electrons. The molecule has 0 atom stereocenters. The SMILES string of the molecule is Cc1cccc(-c2noc(-c3cccn4c(=O)n(Cc5cc(=O)n6ccccc6n5)nc34)n2)c1. The summed E-state index contributed by atoms with van der Waals surface area (Å²) in [6, 6.07) is 17.9. The Hall–Kier alpha value is -4.86. The van der Waals surface area contributed by atoms with Gasteiger partial charge in [0.1, 0.15) is 5.65 Å². The molecule has 166 valence electrons. The first-order valence-corrected chi connectivity index (χ1v) is 10.5. The molecular weight excluding hydrogens is 434 g/mol. The maximum atomic E-state index is 13.0. The van der Waals surface area contributed by atoms with Crippen LogP contribution in [0.3, 0.4) is 0 Å². The quantitative estimate of drug-likeness (QED) is 0.405. The normalized spacial score (nSPS) is 11.4. The molecule has 34 heavy (non-hydrogen) atoms. The minimum Gasteiger partial charge on any atom is -0.333 e. The Balaban J connectivity index is 1.41. The highest BCUT2D eigenvalue weighted by Crippen LogP contribution is 2.25. The molecule has 0 aliphatic rings. The van der Waals surface area contributed by atoms with Crippen LogP contribution in [0.25, 0.3) is 34.1 Å². The highest BCUT2D eigenvalue weighted by Gasteiger charge is 2.18. The van der Waals surface area contributed by atoms with E-state index in [-0.39, 0.29) is 23.7 Å². The van der Waals surface area contributed by atoms with E-state index in [1.807, 2.05) is 31.2 Å². The third-order valence-corrected chi connectivity index (χ3v) is 5.48. The van der Waals surface area contributed by atoms with E-state index in [2.05, 4.69) is 20.2 Å². The molecule has 0 N–H and O–H groups in total. The van der Waals surface area contributed by atoms with E-state index in [4.69, 9.17) is 4.52 Å². The first-order valence-electron chi connectivity index (χ1n) is 10.5. The molecule has 5 heterocycles. The number of aromatic nitrogens is 7. The summed E-state index contributed by atoms with van der Waals surface area (Å²) < 4.78 is 9.61. The van der Waals surface area contributed by atoms with E-state index in [0.29, 0.717) is 28.4 Å². The molecule has 0 aliphatic heterocycles. The van der Waals surface area contributed by atoms with Crippen molar-refractivity contribution >= 4 is 11.3 Å². The summed E-state index contributed by atoms with van der Waals surface area (Å²) in [4.78, 5) is 34.4. The second-order valence-electron chi connectivity index (χ2n) is 7.86. The van der Waals surface area contributed by atoms with Gasteiger partial charge >= 0.3 is 5.69 Å². The highest BCUT2D eigenvalue weighted by molar-refractivity contribution is 5.72. The van der Waals surface area contributed by atoms with Gasteiger partial charge in [-0.05, 0) is 37.3 Å². The smallest absolute Gasteiger partial charge is 0.333 e. The topological polar surface area (TPSA) is 113 Å². The van der Waals surface area contributed by atoms with Gasteiger partial charge in [0.15, 0.2) is 5.65 Å². The summed E-state index contributed by atoms with van der Waals surface area (Å²) in [5.41, 5.74) is 3.13. The van der Waals surface area contributed by atoms with Crippen molar-refractivity contribution in [2.75, 3.05) is 0 Å². The number of hydrogen-bond donors (Lipinski definition) is 0. The second-order valence-corrected chi connectivity index (χ2v) is 7.86. The van der Waals surface area contributed by atoms with Crippen LogP contribution in [0.1, 0.15) is 11.3 Å². The van der Waals surface area contributed by atoms with Crippen LogP contribution in [-0.4, -0.2) is 33.7 Å². The monoisotopic (exact) mass is 451 g/mol. The van der Waals surface area contributed by atoms with Crippen molar-refractivity contribution in [2.24, 2.45) is 0 Å². The lowest BCUT2D eigenvalue weighted by atomic mass is 10.1. The van der Waals surface area contributed by atoms with E-state index in [1.54, 1.807) is 42.7 Å². The maximum absolute atomic E-state index is 13.0. The lowest BCUT2D eigenvalue weighted by Crippen LogP contribution is -2.23. The molecule has 0 amide bonds. The number of benzene rings is 1. The molecule has 10 heteroatoms. The molecule has 0 fully saturated rings. The summed E-state index contributed by atoms with van der Waals surface area (Å²) in [6.45, 7) is 2.03. The van der Waals surface area contributed by atoms with Crippen molar-refractivity contribution < 1.29 is 4.52 Å². The van der Waals surface area contributed by atoms with Crippen molar-refractivity contribution in [1.29, 1.82) is 0 Å². The van der Waals surface area contributed by atoms with Gasteiger partial charge in [0.25, 0.3) is 11.4 Å². The lowest BCUT2D eigenvalue weighted by Gasteiger charge is -2.03. The zero-order chi connectivity index (χ0) is 23.2. The summed E-state index contributed by atoms with van der Waals surface area (Å²) >= 11 is 0. The summed E-state index contributed by atoms with van der Waals surface area (Å²) in [5.74, 6) is 0.699. The molecule has 0 saturated carbocycles. The van der Waals surface area contributed by atoms with Crippen molar-refractivity contribution in [3.63, 3.8) is 0 Å². The number of hydrogen-bond acceptors (Lipinski definition) is 7. The predicted octanol–water partition coefficient (Wildman–Crippen LogP) is 2.58. The minimum atomic E-state index is -0.370. The predicted molar refractivity (Wildman–Crippen MR) is 123 cm³/mol. The van der Waals surface area contributed by atoms with Gasteiger partial charge in [-0.25, -0.2) is 18.9 Å². The van der Waals surface area contributed by atoms with Crippen molar-refractivity contribution in [2.45, 2.75) is 13.5 Å². The van der Waals surface area contributed by atoms with Crippen LogP contribution >= 0.6 is 0 Å². The fraction of sp³-hybridized carbons (Fsp3) is 0.0833. The van der Waals surface area contributed by atoms with Crippen molar-refractivity contribution in [3.8, 4) is 22.8 Å². The molecule has 6 rings (SSSR count). The summed E-state index contributed by atoms with van der Waals surface area (Å²) in [5, 5.41) is 8.57. The lowest BCUT2D eigenvalue weighted by molar-refractivity contribution is 0.432. The standard InChI is InChI=1S/C24H17N7O3/c1-15-6-4-7-16(12-15)21-26-23(34-28-21)18-8-5-11-30-22(18)27-31(24(30)33)14-17-13-20(32)29-10-3-2-9-19(29)25-17/h2-13H,14H2,1H3. The molecule has 0 aliphatic carbocycles. The van der Waals surface area contributed by atoms with Crippen LogP contribution in [0, 0.1) is 6.92 Å². The molecule has 0 bridgehead atoms. The van der Waals surface area contributed by atoms with Gasteiger partial charge in [-0.1, -0.05) is 35.0 Å². The van der Waals surface area contributed by atoms with Crippen LogP contribution in [-0.2, 0) is 6.54 Å². The number of aryl methyl sites for hydroxylation is 1. The van der Waals surface area contributed by atoms with Crippen LogP contribution < -0.4 is 11.2 Å². The third kappa shape index (κ3) is 3.28. The molecule has 1 aromatic carbocycles. The van der Waals surface area contributed by atoms with Gasteiger partial charge in [0.05, 0.1) is 17.8 Å². The molecular formula is C24H17N7O3. The number of fused-ring (bicyclic) bond motifs is 2. The highest BCUT2D eigenvalue weighted by atomic mass is 16.5. The summed E-state index contributed by atoms with van der Waals surface area (Å²) in [6.07, 6.45) is 3.26. The molecule has 0 spiro atoms. The number of nitrogens with zero attached hydrogens (tertiary/aromatic N) is 7. The number of rotatable bonds is 4. The van der Waals surface area contributed by atoms with Gasteiger partial charge in [-0.15, -0.1) is 5.10 Å². The van der Waals surface area contributed by atoms with Crippen LogP contribution in [0.2, 0.25) is 0 Å². The number of pyridine rings is 2. The Kier molecular flexibility index (Phi) is 4.44. The Bertz CT molecular complexity index is 1810. The fourth-order valence-electron chi connectivity index (χ4n) is 3.88. The van der Waals surface area contributed by atoms with Crippen molar-refractivity contribution in [3.05, 3.63) is 105 Å². The maximum Gasteiger partial charge on any atom is 0.350 e. The van der Waals surface area contributed by atoms with Gasteiger partial charge in [-0.3, -0.25) is 9.20 Å². The molecule has 6 aromatic rings. The van der Waals surface area contributed by atoms with Crippen LogP contribution in [0.5, 0.6) is 0 Å². The second kappa shape index (κ2) is 7.62. The zero-order valence-corrected chi connectivity index (χ0v) is 18.0. The first-order chi connectivity index (χ1) is 16.6. The Morgan fingerprint density at radius 3 is 2.68 bits per heavy atom. The van der Waals surface area contributed by atoms with Crippen molar-refractivity contribution in [1.82, 2.24) is 33.7 Å². The molecule has 0 unspecified atom stereocenters. The van der Waals surface area contributed by atoms with Crippen LogP contribution in [0.4, 0.5) is 0 Å². The first kappa shape index (κ1) is 19.8. The average molecular weight is 451 g/mol. The zero-order valence-electron chi connectivity index (χ0n) is 18.0. The largest absolute Gasteiger partial charge is 0.350 e. The van der Waals surface area contributed by atoms with E-state index >= 15 is 0 Å². The van der Waals surface area contributed by atoms with Gasteiger partial charge < -0.3 is 4.52 Å². The van der Waals surface area contributed by atoms with Gasteiger partial charge in [0.2, 0.25) is 5.82 Å². The van der Waals surface area contributed by atoms with Gasteiger partial charge in [-0.2, -0.15) is 4.98 Å². The van der Waals surface area contributed by atoms with E-state index < -0.39 is 0 Å². The third-order valence-electron chi connectivity index (χ3n) is 5.48. The molecule has 0 saturated heterocycles. The van der Waals surface area contributed by atoms with E-state index in [9.17, 15) is 9.59 Å². The molecule has 5 aromatic heterocycles. The van der Waals surface area contributed by atoms with E-state index in [0.717, 1.165) is 11.1 Å². The summed E-state index contributed by atoms with van der Waals surface area (Å²) in [7, 11) is 0. The Morgan fingerprint density at radius 2 is 1.79 bits per heavy atom. The van der Waals surface area contributed by atoms with Gasteiger partial charge in [0, 0.05) is 24.0 Å². The molecule has 10 nitrogen and oxygen atoms in total.